The summed E-state index contributed by atoms with van der Waals surface area (Å²) in [6, 6.07) is 20.4. The van der Waals surface area contributed by atoms with Gasteiger partial charge in [-0.2, -0.15) is 0 Å². The van der Waals surface area contributed by atoms with Crippen molar-refractivity contribution in [3.05, 3.63) is 84.1 Å². The second kappa shape index (κ2) is 5.74. The van der Waals surface area contributed by atoms with Crippen LogP contribution in [-0.4, -0.2) is 11.9 Å². The highest BCUT2D eigenvalue weighted by atomic mass is 16.5. The minimum absolute atomic E-state index is 0.0753. The number of hydrogen-bond acceptors (Lipinski definition) is 2. The molecular formula is C18H16O2. The van der Waals surface area contributed by atoms with Crippen molar-refractivity contribution in [1.29, 1.82) is 0 Å². The summed E-state index contributed by atoms with van der Waals surface area (Å²) in [5.41, 5.74) is 2.35. The van der Waals surface area contributed by atoms with E-state index in [1.54, 1.807) is 0 Å². The maximum atomic E-state index is 11.7. The molecular weight excluding hydrogens is 248 g/mol. The van der Waals surface area contributed by atoms with E-state index >= 15 is 0 Å². The maximum absolute atomic E-state index is 11.7. The van der Waals surface area contributed by atoms with Gasteiger partial charge in [0.1, 0.15) is 6.10 Å². The average Bonchev–Trinajstić information content (AvgIpc) is 2.50. The first-order valence-electron chi connectivity index (χ1n) is 6.79. The van der Waals surface area contributed by atoms with E-state index in [2.05, 4.69) is 24.3 Å². The van der Waals surface area contributed by atoms with Crippen LogP contribution in [0.2, 0.25) is 0 Å². The molecule has 20 heavy (non-hydrogen) atoms. The minimum atomic E-state index is -0.141. The number of carbonyl (C=O) groups is 1. The van der Waals surface area contributed by atoms with Gasteiger partial charge in [-0.3, -0.25) is 4.79 Å². The molecule has 1 aliphatic rings. The SMILES string of the molecule is O=C1C=CO[C@H](C(c2ccccc2)c2ccccc2)C1. The zero-order chi connectivity index (χ0) is 13.8. The molecule has 1 aliphatic heterocycles. The molecule has 1 atom stereocenters. The van der Waals surface area contributed by atoms with E-state index in [9.17, 15) is 4.79 Å². The van der Waals surface area contributed by atoms with Gasteiger partial charge in [0.05, 0.1) is 6.26 Å². The monoisotopic (exact) mass is 264 g/mol. The second-order valence-electron chi connectivity index (χ2n) is 4.95. The Hall–Kier alpha value is -2.35. The van der Waals surface area contributed by atoms with Crippen LogP contribution in [0, 0.1) is 0 Å². The molecule has 0 amide bonds. The molecule has 0 fully saturated rings. The lowest BCUT2D eigenvalue weighted by Crippen LogP contribution is -2.27. The molecule has 0 bridgehead atoms. The van der Waals surface area contributed by atoms with Gasteiger partial charge in [0, 0.05) is 18.4 Å². The Kier molecular flexibility index (Phi) is 3.64. The predicted octanol–water partition coefficient (Wildman–Crippen LogP) is 3.69. The molecule has 2 heteroatoms. The van der Waals surface area contributed by atoms with Gasteiger partial charge in [-0.15, -0.1) is 0 Å². The molecule has 2 nitrogen and oxygen atoms in total. The van der Waals surface area contributed by atoms with Crippen molar-refractivity contribution in [3.63, 3.8) is 0 Å². The molecule has 0 spiro atoms. The van der Waals surface area contributed by atoms with E-state index in [0.717, 1.165) is 0 Å². The zero-order valence-electron chi connectivity index (χ0n) is 11.1. The molecule has 0 saturated carbocycles. The number of benzene rings is 2. The van der Waals surface area contributed by atoms with E-state index in [4.69, 9.17) is 4.74 Å². The molecule has 0 aromatic heterocycles. The van der Waals surface area contributed by atoms with Crippen LogP contribution in [0.4, 0.5) is 0 Å². The van der Waals surface area contributed by atoms with Crippen LogP contribution in [0.1, 0.15) is 23.5 Å². The Labute approximate surface area is 118 Å². The molecule has 3 rings (SSSR count). The summed E-state index contributed by atoms with van der Waals surface area (Å²) in [7, 11) is 0. The molecule has 1 heterocycles. The lowest BCUT2D eigenvalue weighted by atomic mass is 9.84. The first-order valence-corrected chi connectivity index (χ1v) is 6.79. The third-order valence-electron chi connectivity index (χ3n) is 3.60. The smallest absolute Gasteiger partial charge is 0.162 e. The van der Waals surface area contributed by atoms with Gasteiger partial charge in [0.25, 0.3) is 0 Å². The van der Waals surface area contributed by atoms with Gasteiger partial charge >= 0.3 is 0 Å². The van der Waals surface area contributed by atoms with Gasteiger partial charge in [-0.1, -0.05) is 60.7 Å². The molecule has 0 unspecified atom stereocenters. The largest absolute Gasteiger partial charge is 0.496 e. The van der Waals surface area contributed by atoms with E-state index in [1.165, 1.54) is 23.5 Å². The summed E-state index contributed by atoms with van der Waals surface area (Å²) < 4.78 is 5.72. The second-order valence-corrected chi connectivity index (χ2v) is 4.95. The Bertz CT molecular complexity index is 562. The summed E-state index contributed by atoms with van der Waals surface area (Å²) in [5, 5.41) is 0. The Morgan fingerprint density at radius 3 is 1.95 bits per heavy atom. The first-order chi connectivity index (χ1) is 9.84. The quantitative estimate of drug-likeness (QED) is 0.845. The van der Waals surface area contributed by atoms with Gasteiger partial charge < -0.3 is 4.74 Å². The van der Waals surface area contributed by atoms with Crippen molar-refractivity contribution in [2.45, 2.75) is 18.4 Å². The lowest BCUT2D eigenvalue weighted by Gasteiger charge is -2.28. The fraction of sp³-hybridized carbons (Fsp3) is 0.167. The molecule has 100 valence electrons. The van der Waals surface area contributed by atoms with Crippen molar-refractivity contribution in [2.75, 3.05) is 0 Å². The molecule has 0 N–H and O–H groups in total. The van der Waals surface area contributed by atoms with E-state index < -0.39 is 0 Å². The summed E-state index contributed by atoms with van der Waals surface area (Å²) in [4.78, 5) is 11.7. The Balaban J connectivity index is 2.00. The number of allylic oxidation sites excluding steroid dienone is 1. The van der Waals surface area contributed by atoms with Crippen molar-refractivity contribution in [3.8, 4) is 0 Å². The summed E-state index contributed by atoms with van der Waals surface area (Å²) in [5.74, 6) is 0.199. The van der Waals surface area contributed by atoms with Crippen molar-refractivity contribution < 1.29 is 9.53 Å². The van der Waals surface area contributed by atoms with Crippen LogP contribution >= 0.6 is 0 Å². The Morgan fingerprint density at radius 1 is 0.900 bits per heavy atom. The highest BCUT2D eigenvalue weighted by molar-refractivity contribution is 5.90. The lowest BCUT2D eigenvalue weighted by molar-refractivity contribution is -0.118. The normalized spacial score (nSPS) is 18.1. The van der Waals surface area contributed by atoms with Gasteiger partial charge in [0.15, 0.2) is 5.78 Å². The summed E-state index contributed by atoms with van der Waals surface area (Å²) in [6.45, 7) is 0. The Morgan fingerprint density at radius 2 is 1.45 bits per heavy atom. The number of ether oxygens (including phenoxy) is 1. The number of rotatable bonds is 3. The van der Waals surface area contributed by atoms with Crippen LogP contribution in [0.25, 0.3) is 0 Å². The van der Waals surface area contributed by atoms with Gasteiger partial charge in [-0.25, -0.2) is 0 Å². The molecule has 0 saturated heterocycles. The van der Waals surface area contributed by atoms with Gasteiger partial charge in [0.2, 0.25) is 0 Å². The van der Waals surface area contributed by atoms with Gasteiger partial charge in [-0.05, 0) is 11.1 Å². The third kappa shape index (κ3) is 2.64. The van der Waals surface area contributed by atoms with Crippen molar-refractivity contribution in [2.24, 2.45) is 0 Å². The number of ketones is 1. The molecule has 0 aliphatic carbocycles. The first kappa shape index (κ1) is 12.7. The molecule has 2 aromatic rings. The van der Waals surface area contributed by atoms with Crippen molar-refractivity contribution >= 4 is 5.78 Å². The fourth-order valence-corrected chi connectivity index (χ4v) is 2.67. The highest BCUT2D eigenvalue weighted by Crippen LogP contribution is 2.32. The number of hydrogen-bond donors (Lipinski definition) is 0. The predicted molar refractivity (Wildman–Crippen MR) is 78.4 cm³/mol. The zero-order valence-corrected chi connectivity index (χ0v) is 11.1. The minimum Gasteiger partial charge on any atom is -0.496 e. The van der Waals surface area contributed by atoms with Crippen LogP contribution in [-0.2, 0) is 9.53 Å². The van der Waals surface area contributed by atoms with E-state index in [1.807, 2.05) is 36.4 Å². The molecule has 2 aromatic carbocycles. The van der Waals surface area contributed by atoms with E-state index in [-0.39, 0.29) is 17.8 Å². The van der Waals surface area contributed by atoms with Crippen LogP contribution in [0.3, 0.4) is 0 Å². The van der Waals surface area contributed by atoms with Crippen LogP contribution in [0.5, 0.6) is 0 Å². The highest BCUT2D eigenvalue weighted by Gasteiger charge is 2.29. The topological polar surface area (TPSA) is 26.3 Å². The maximum Gasteiger partial charge on any atom is 0.162 e. The number of carbonyl (C=O) groups excluding carboxylic acids is 1. The van der Waals surface area contributed by atoms with Crippen LogP contribution in [0.15, 0.2) is 73.0 Å². The standard InChI is InChI=1S/C18H16O2/c19-16-11-12-20-17(13-16)18(14-7-3-1-4-8-14)15-9-5-2-6-10-15/h1-12,17-18H,13H2/t17-/m0/s1. The fourth-order valence-electron chi connectivity index (χ4n) is 2.67. The van der Waals surface area contributed by atoms with Crippen molar-refractivity contribution in [1.82, 2.24) is 0 Å². The summed E-state index contributed by atoms with van der Waals surface area (Å²) >= 11 is 0. The average molecular weight is 264 g/mol. The summed E-state index contributed by atoms with van der Waals surface area (Å²) in [6.07, 6.45) is 3.31. The third-order valence-corrected chi connectivity index (χ3v) is 3.60. The van der Waals surface area contributed by atoms with Crippen LogP contribution < -0.4 is 0 Å². The van der Waals surface area contributed by atoms with E-state index in [0.29, 0.717) is 6.42 Å². The molecule has 0 radical (unpaired) electrons.